The largest absolute Gasteiger partial charge is 0.493 e. The van der Waals surface area contributed by atoms with Gasteiger partial charge in [0.1, 0.15) is 6.61 Å². The van der Waals surface area contributed by atoms with Gasteiger partial charge in [0.05, 0.1) is 28.0 Å². The second kappa shape index (κ2) is 11.2. The molecule has 11 heteroatoms. The number of methoxy groups -OCH3 is 1. The van der Waals surface area contributed by atoms with E-state index in [-0.39, 0.29) is 17.7 Å². The van der Waals surface area contributed by atoms with E-state index in [2.05, 4.69) is 10.5 Å². The van der Waals surface area contributed by atoms with E-state index >= 15 is 0 Å². The highest BCUT2D eigenvalue weighted by atomic mass is 127. The van der Waals surface area contributed by atoms with Crippen LogP contribution >= 0.6 is 22.6 Å². The van der Waals surface area contributed by atoms with Gasteiger partial charge >= 0.3 is 12.1 Å². The first kappa shape index (κ1) is 26.0. The van der Waals surface area contributed by atoms with E-state index in [4.69, 9.17) is 14.6 Å². The van der Waals surface area contributed by atoms with Gasteiger partial charge in [-0.05, 0) is 76.2 Å². The topological polar surface area (TPSA) is 97.2 Å². The van der Waals surface area contributed by atoms with Gasteiger partial charge in [-0.25, -0.2) is 10.2 Å². The minimum Gasteiger partial charge on any atom is -0.493 e. The molecule has 0 aliphatic carbocycles. The van der Waals surface area contributed by atoms with Crippen molar-refractivity contribution in [3.63, 3.8) is 0 Å². The van der Waals surface area contributed by atoms with E-state index < -0.39 is 23.6 Å². The molecule has 0 atom stereocenters. The Kier molecular flexibility index (Phi) is 8.33. The van der Waals surface area contributed by atoms with E-state index in [1.54, 1.807) is 24.3 Å². The van der Waals surface area contributed by atoms with E-state index in [1.807, 2.05) is 22.6 Å². The molecule has 182 valence electrons. The summed E-state index contributed by atoms with van der Waals surface area (Å²) in [6.45, 7) is 0.105. The summed E-state index contributed by atoms with van der Waals surface area (Å²) in [4.78, 5) is 23.3. The first-order valence-corrected chi connectivity index (χ1v) is 11.0. The van der Waals surface area contributed by atoms with Crippen LogP contribution in [-0.4, -0.2) is 30.3 Å². The van der Waals surface area contributed by atoms with Crippen LogP contribution in [0.2, 0.25) is 0 Å². The fourth-order valence-electron chi connectivity index (χ4n) is 2.97. The SMILES string of the molecule is COc1cc(/C=N\NC(=O)c2cccc(C(F)(F)F)c2)cc(I)c1OCc1cccc(C(=O)O)c1. The molecule has 0 unspecified atom stereocenters. The average Bonchev–Trinajstić information content (AvgIpc) is 2.82. The van der Waals surface area contributed by atoms with Crippen molar-refractivity contribution >= 4 is 40.7 Å². The third-order valence-corrected chi connectivity index (χ3v) is 5.44. The van der Waals surface area contributed by atoms with E-state index in [0.29, 0.717) is 26.2 Å². The number of nitrogens with one attached hydrogen (secondary N) is 1. The van der Waals surface area contributed by atoms with Gasteiger partial charge in [-0.15, -0.1) is 0 Å². The molecule has 2 N–H and O–H groups in total. The van der Waals surface area contributed by atoms with Crippen LogP contribution in [0.4, 0.5) is 13.2 Å². The summed E-state index contributed by atoms with van der Waals surface area (Å²) in [5.74, 6) is -1.03. The summed E-state index contributed by atoms with van der Waals surface area (Å²) in [5.41, 5.74) is 2.43. The van der Waals surface area contributed by atoms with Gasteiger partial charge in [-0.2, -0.15) is 18.3 Å². The number of rotatable bonds is 8. The van der Waals surface area contributed by atoms with Crippen molar-refractivity contribution in [3.05, 3.63) is 92.1 Å². The molecule has 7 nitrogen and oxygen atoms in total. The second-order valence-corrected chi connectivity index (χ2v) is 8.27. The number of alkyl halides is 3. The van der Waals surface area contributed by atoms with Crippen LogP contribution in [-0.2, 0) is 12.8 Å². The number of carbonyl (C=O) groups is 2. The molecule has 35 heavy (non-hydrogen) atoms. The van der Waals surface area contributed by atoms with Crippen LogP contribution in [0.15, 0.2) is 65.8 Å². The van der Waals surface area contributed by atoms with Gasteiger partial charge in [0.25, 0.3) is 5.91 Å². The number of amides is 1. The minimum absolute atomic E-state index is 0.105. The average molecular weight is 598 g/mol. The van der Waals surface area contributed by atoms with Crippen molar-refractivity contribution in [1.29, 1.82) is 0 Å². The third kappa shape index (κ3) is 6.94. The van der Waals surface area contributed by atoms with Crippen LogP contribution in [0.5, 0.6) is 11.5 Å². The normalized spacial score (nSPS) is 11.3. The van der Waals surface area contributed by atoms with Gasteiger partial charge in [-0.1, -0.05) is 18.2 Å². The van der Waals surface area contributed by atoms with Gasteiger partial charge < -0.3 is 14.6 Å². The minimum atomic E-state index is -4.56. The number of ether oxygens (including phenoxy) is 2. The number of aromatic carboxylic acids is 1. The maximum Gasteiger partial charge on any atom is 0.416 e. The Bertz CT molecular complexity index is 1280. The summed E-state index contributed by atoms with van der Waals surface area (Å²) in [5, 5.41) is 12.9. The Morgan fingerprint density at radius 2 is 1.80 bits per heavy atom. The molecule has 0 saturated carbocycles. The van der Waals surface area contributed by atoms with Crippen LogP contribution in [0.25, 0.3) is 0 Å². The Balaban J connectivity index is 1.70. The number of nitrogens with zero attached hydrogens (tertiary/aromatic N) is 1. The Morgan fingerprint density at radius 1 is 1.09 bits per heavy atom. The van der Waals surface area contributed by atoms with Crippen molar-refractivity contribution < 1.29 is 37.3 Å². The number of hydrogen-bond donors (Lipinski definition) is 2. The lowest BCUT2D eigenvalue weighted by atomic mass is 10.1. The zero-order valence-electron chi connectivity index (χ0n) is 18.1. The number of benzene rings is 3. The van der Waals surface area contributed by atoms with Gasteiger partial charge in [0, 0.05) is 5.56 Å². The zero-order chi connectivity index (χ0) is 25.6. The molecule has 3 rings (SSSR count). The lowest BCUT2D eigenvalue weighted by Gasteiger charge is -2.14. The highest BCUT2D eigenvalue weighted by molar-refractivity contribution is 14.1. The molecule has 0 fully saturated rings. The number of carboxylic acids is 1. The predicted molar refractivity (Wildman–Crippen MR) is 130 cm³/mol. The fourth-order valence-corrected chi connectivity index (χ4v) is 3.75. The van der Waals surface area contributed by atoms with Gasteiger partial charge in [0.2, 0.25) is 0 Å². The Labute approximate surface area is 211 Å². The molecule has 0 spiro atoms. The van der Waals surface area contributed by atoms with E-state index in [1.165, 1.54) is 31.5 Å². The first-order valence-electron chi connectivity index (χ1n) is 9.91. The van der Waals surface area contributed by atoms with Crippen LogP contribution in [0.3, 0.4) is 0 Å². The van der Waals surface area contributed by atoms with Crippen LogP contribution in [0.1, 0.15) is 37.4 Å². The lowest BCUT2D eigenvalue weighted by molar-refractivity contribution is -0.137. The summed E-state index contributed by atoms with van der Waals surface area (Å²) < 4.78 is 50.4. The molecular formula is C24H18F3IN2O5. The number of halogens is 4. The Morgan fingerprint density at radius 3 is 2.49 bits per heavy atom. The van der Waals surface area contributed by atoms with Crippen molar-refractivity contribution in [3.8, 4) is 11.5 Å². The lowest BCUT2D eigenvalue weighted by Crippen LogP contribution is -2.18. The number of carboxylic acid groups (broad SMARTS) is 1. The highest BCUT2D eigenvalue weighted by Gasteiger charge is 2.30. The maximum atomic E-state index is 12.8. The number of carbonyl (C=O) groups excluding carboxylic acids is 1. The molecule has 0 bridgehead atoms. The summed E-state index contributed by atoms with van der Waals surface area (Å²) in [6, 6.07) is 13.7. The van der Waals surface area contributed by atoms with E-state index in [0.717, 1.165) is 18.2 Å². The third-order valence-electron chi connectivity index (χ3n) is 4.64. The zero-order valence-corrected chi connectivity index (χ0v) is 20.3. The van der Waals surface area contributed by atoms with Crippen LogP contribution < -0.4 is 14.9 Å². The number of hydrazone groups is 1. The van der Waals surface area contributed by atoms with Crippen molar-refractivity contribution in [2.24, 2.45) is 5.10 Å². The monoisotopic (exact) mass is 598 g/mol. The van der Waals surface area contributed by atoms with Crippen molar-refractivity contribution in [2.45, 2.75) is 12.8 Å². The molecule has 0 aromatic heterocycles. The Hall–Kier alpha value is -3.61. The molecule has 3 aromatic carbocycles. The highest BCUT2D eigenvalue weighted by Crippen LogP contribution is 2.34. The summed E-state index contributed by atoms with van der Waals surface area (Å²) >= 11 is 2.03. The second-order valence-electron chi connectivity index (χ2n) is 7.11. The molecule has 0 heterocycles. The van der Waals surface area contributed by atoms with Crippen LogP contribution in [0, 0.1) is 3.57 Å². The quantitative estimate of drug-likeness (QED) is 0.207. The molecule has 1 amide bonds. The molecule has 3 aromatic rings. The van der Waals surface area contributed by atoms with Gasteiger partial charge in [-0.3, -0.25) is 4.79 Å². The molecule has 0 aliphatic heterocycles. The standard InChI is InChI=1S/C24H18F3IN2O5/c1-34-20-10-15(12-29-30-22(31)16-5-3-7-18(11-16)24(25,26)27)9-19(28)21(20)35-13-14-4-2-6-17(8-14)23(32)33/h2-12H,13H2,1H3,(H,30,31)(H,32,33)/b29-12-. The molecule has 0 radical (unpaired) electrons. The molecule has 0 saturated heterocycles. The molecular weight excluding hydrogens is 580 g/mol. The molecule has 0 aliphatic rings. The van der Waals surface area contributed by atoms with Crippen molar-refractivity contribution in [1.82, 2.24) is 5.43 Å². The van der Waals surface area contributed by atoms with Crippen molar-refractivity contribution in [2.75, 3.05) is 7.11 Å². The maximum absolute atomic E-state index is 12.8. The fraction of sp³-hybridized carbons (Fsp3) is 0.125. The van der Waals surface area contributed by atoms with E-state index in [9.17, 15) is 22.8 Å². The number of hydrogen-bond acceptors (Lipinski definition) is 5. The predicted octanol–water partition coefficient (Wildman–Crippen LogP) is 5.36. The first-order chi connectivity index (χ1) is 16.6. The van der Waals surface area contributed by atoms with Gasteiger partial charge in [0.15, 0.2) is 11.5 Å². The summed E-state index contributed by atoms with van der Waals surface area (Å²) in [7, 11) is 1.44. The smallest absolute Gasteiger partial charge is 0.416 e. The summed E-state index contributed by atoms with van der Waals surface area (Å²) in [6.07, 6.45) is -3.24.